The van der Waals surface area contributed by atoms with E-state index in [2.05, 4.69) is 29.0 Å². The first-order valence-corrected chi connectivity index (χ1v) is 9.08. The maximum Gasteiger partial charge on any atom is 0.224 e. The van der Waals surface area contributed by atoms with Gasteiger partial charge in [0.25, 0.3) is 0 Å². The van der Waals surface area contributed by atoms with Crippen molar-refractivity contribution in [3.8, 4) is 0 Å². The molecule has 3 aromatic rings. The van der Waals surface area contributed by atoms with Gasteiger partial charge in [-0.15, -0.1) is 0 Å². The van der Waals surface area contributed by atoms with Crippen LogP contribution in [-0.2, 0) is 17.9 Å². The molecule has 7 heteroatoms. The van der Waals surface area contributed by atoms with Gasteiger partial charge in [-0.25, -0.2) is 0 Å². The zero-order valence-corrected chi connectivity index (χ0v) is 15.9. The van der Waals surface area contributed by atoms with Crippen molar-refractivity contribution >= 4 is 16.9 Å². The standard InChI is InChI=1S/C19H26N6O/c1-5-23(13-16-6-9-20-10-7-16)18(26)8-11-24-19-15(4)22-25(14(2)3)17(19)12-21-24/h6-7,9-10,12,14H,5,8,11,13H2,1-4H3. The van der Waals surface area contributed by atoms with Gasteiger partial charge in [0, 0.05) is 37.9 Å². The Hall–Kier alpha value is -2.70. The van der Waals surface area contributed by atoms with Gasteiger partial charge in [-0.1, -0.05) is 0 Å². The summed E-state index contributed by atoms with van der Waals surface area (Å²) in [6.07, 6.45) is 5.77. The molecule has 26 heavy (non-hydrogen) atoms. The molecule has 0 bridgehead atoms. The van der Waals surface area contributed by atoms with Crippen LogP contribution in [0.3, 0.4) is 0 Å². The van der Waals surface area contributed by atoms with Gasteiger partial charge in [0.05, 0.1) is 18.4 Å². The van der Waals surface area contributed by atoms with E-state index in [0.717, 1.165) is 22.3 Å². The van der Waals surface area contributed by atoms with Crippen LogP contribution in [0.2, 0.25) is 0 Å². The fraction of sp³-hybridized carbons (Fsp3) is 0.474. The molecular formula is C19H26N6O. The van der Waals surface area contributed by atoms with Crippen LogP contribution in [0.5, 0.6) is 0 Å². The number of pyridine rings is 1. The Morgan fingerprint density at radius 2 is 2.00 bits per heavy atom. The van der Waals surface area contributed by atoms with E-state index in [-0.39, 0.29) is 11.9 Å². The van der Waals surface area contributed by atoms with E-state index in [1.807, 2.05) is 46.4 Å². The van der Waals surface area contributed by atoms with Crippen molar-refractivity contribution in [3.63, 3.8) is 0 Å². The molecule has 3 heterocycles. The molecule has 3 rings (SSSR count). The summed E-state index contributed by atoms with van der Waals surface area (Å²) in [5.41, 5.74) is 4.08. The SMILES string of the molecule is CCN(Cc1ccncc1)C(=O)CCn1ncc2c1c(C)nn2C(C)C. The van der Waals surface area contributed by atoms with Crippen LogP contribution >= 0.6 is 0 Å². The smallest absolute Gasteiger partial charge is 0.224 e. The van der Waals surface area contributed by atoms with Gasteiger partial charge in [0.2, 0.25) is 5.91 Å². The largest absolute Gasteiger partial charge is 0.339 e. The monoisotopic (exact) mass is 354 g/mol. The molecule has 0 aliphatic rings. The van der Waals surface area contributed by atoms with Crippen molar-refractivity contribution < 1.29 is 4.79 Å². The van der Waals surface area contributed by atoms with E-state index in [4.69, 9.17) is 0 Å². The lowest BCUT2D eigenvalue weighted by molar-refractivity contribution is -0.131. The summed E-state index contributed by atoms with van der Waals surface area (Å²) >= 11 is 0. The number of nitrogens with zero attached hydrogens (tertiary/aromatic N) is 6. The van der Waals surface area contributed by atoms with Crippen molar-refractivity contribution in [3.05, 3.63) is 42.0 Å². The van der Waals surface area contributed by atoms with E-state index in [1.54, 1.807) is 12.4 Å². The molecule has 0 fully saturated rings. The summed E-state index contributed by atoms with van der Waals surface area (Å²) in [4.78, 5) is 18.5. The van der Waals surface area contributed by atoms with E-state index in [0.29, 0.717) is 26.1 Å². The van der Waals surface area contributed by atoms with Crippen molar-refractivity contribution in [2.45, 2.75) is 53.2 Å². The number of carbonyl (C=O) groups is 1. The molecule has 138 valence electrons. The van der Waals surface area contributed by atoms with Crippen molar-refractivity contribution in [2.24, 2.45) is 0 Å². The number of hydrogen-bond donors (Lipinski definition) is 0. The number of aryl methyl sites for hydroxylation is 2. The first-order chi connectivity index (χ1) is 12.5. The highest BCUT2D eigenvalue weighted by atomic mass is 16.2. The highest BCUT2D eigenvalue weighted by Crippen LogP contribution is 2.21. The van der Waals surface area contributed by atoms with Gasteiger partial charge in [-0.3, -0.25) is 19.1 Å². The maximum absolute atomic E-state index is 12.7. The van der Waals surface area contributed by atoms with Crippen molar-refractivity contribution in [1.82, 2.24) is 29.4 Å². The molecule has 1 amide bonds. The van der Waals surface area contributed by atoms with Gasteiger partial charge in [-0.05, 0) is 45.4 Å². The summed E-state index contributed by atoms with van der Waals surface area (Å²) in [7, 11) is 0. The average molecular weight is 354 g/mol. The van der Waals surface area contributed by atoms with Gasteiger partial charge >= 0.3 is 0 Å². The Morgan fingerprint density at radius 3 is 2.65 bits per heavy atom. The molecule has 0 unspecified atom stereocenters. The normalized spacial score (nSPS) is 11.4. The summed E-state index contributed by atoms with van der Waals surface area (Å²) in [5, 5.41) is 9.08. The minimum atomic E-state index is 0.127. The quantitative estimate of drug-likeness (QED) is 0.654. The highest BCUT2D eigenvalue weighted by molar-refractivity contribution is 5.79. The summed E-state index contributed by atoms with van der Waals surface area (Å²) < 4.78 is 3.88. The first kappa shape index (κ1) is 18.1. The van der Waals surface area contributed by atoms with Crippen molar-refractivity contribution in [1.29, 1.82) is 0 Å². The molecule has 0 saturated carbocycles. The van der Waals surface area contributed by atoms with Crippen LogP contribution in [0, 0.1) is 6.92 Å². The van der Waals surface area contributed by atoms with Crippen LogP contribution in [-0.4, -0.2) is 41.9 Å². The zero-order chi connectivity index (χ0) is 18.7. The van der Waals surface area contributed by atoms with E-state index >= 15 is 0 Å². The van der Waals surface area contributed by atoms with Gasteiger partial charge in [0.1, 0.15) is 11.0 Å². The number of amides is 1. The third-order valence-corrected chi connectivity index (χ3v) is 4.55. The van der Waals surface area contributed by atoms with Crippen LogP contribution in [0.25, 0.3) is 11.0 Å². The van der Waals surface area contributed by atoms with Crippen molar-refractivity contribution in [2.75, 3.05) is 6.54 Å². The Balaban J connectivity index is 1.70. The lowest BCUT2D eigenvalue weighted by Gasteiger charge is -2.21. The molecule has 0 aromatic carbocycles. The minimum Gasteiger partial charge on any atom is -0.339 e. The molecule has 7 nitrogen and oxygen atoms in total. The van der Waals surface area contributed by atoms with Gasteiger partial charge in [-0.2, -0.15) is 10.2 Å². The average Bonchev–Trinajstić information content (AvgIpc) is 3.20. The first-order valence-electron chi connectivity index (χ1n) is 9.08. The Labute approximate surface area is 153 Å². The van der Waals surface area contributed by atoms with Crippen LogP contribution in [0.1, 0.15) is 44.5 Å². The molecule has 0 saturated heterocycles. The third kappa shape index (κ3) is 3.61. The Kier molecular flexibility index (Phi) is 5.35. The molecule has 0 atom stereocenters. The topological polar surface area (TPSA) is 68.8 Å². The Morgan fingerprint density at radius 1 is 1.27 bits per heavy atom. The van der Waals surface area contributed by atoms with Crippen LogP contribution in [0.4, 0.5) is 0 Å². The van der Waals surface area contributed by atoms with E-state index in [9.17, 15) is 4.79 Å². The van der Waals surface area contributed by atoms with Crippen LogP contribution < -0.4 is 0 Å². The van der Waals surface area contributed by atoms with Gasteiger partial charge in [0.15, 0.2) is 0 Å². The molecule has 0 spiro atoms. The third-order valence-electron chi connectivity index (χ3n) is 4.55. The Bertz CT molecular complexity index is 880. The molecular weight excluding hydrogens is 328 g/mol. The van der Waals surface area contributed by atoms with Gasteiger partial charge < -0.3 is 4.90 Å². The fourth-order valence-electron chi connectivity index (χ4n) is 3.19. The summed E-state index contributed by atoms with van der Waals surface area (Å²) in [6.45, 7) is 10.0. The summed E-state index contributed by atoms with van der Waals surface area (Å²) in [6, 6.07) is 4.16. The number of rotatable bonds is 7. The number of aromatic nitrogens is 5. The number of carbonyl (C=O) groups excluding carboxylic acids is 1. The molecule has 3 aromatic heterocycles. The second-order valence-corrected chi connectivity index (χ2v) is 6.74. The maximum atomic E-state index is 12.7. The number of hydrogen-bond acceptors (Lipinski definition) is 4. The summed E-state index contributed by atoms with van der Waals surface area (Å²) in [5.74, 6) is 0.127. The predicted molar refractivity (Wildman–Crippen MR) is 101 cm³/mol. The van der Waals surface area contributed by atoms with Crippen LogP contribution in [0.15, 0.2) is 30.7 Å². The molecule has 0 aliphatic heterocycles. The van der Waals surface area contributed by atoms with E-state index in [1.165, 1.54) is 0 Å². The zero-order valence-electron chi connectivity index (χ0n) is 15.9. The highest BCUT2D eigenvalue weighted by Gasteiger charge is 2.17. The molecule has 0 radical (unpaired) electrons. The molecule has 0 N–H and O–H groups in total. The fourth-order valence-corrected chi connectivity index (χ4v) is 3.19. The second kappa shape index (κ2) is 7.68. The number of fused-ring (bicyclic) bond motifs is 1. The lowest BCUT2D eigenvalue weighted by Crippen LogP contribution is -2.31. The minimum absolute atomic E-state index is 0.127. The lowest BCUT2D eigenvalue weighted by atomic mass is 10.2. The predicted octanol–water partition coefficient (Wildman–Crippen LogP) is 2.96. The second-order valence-electron chi connectivity index (χ2n) is 6.74. The molecule has 0 aliphatic carbocycles. The van der Waals surface area contributed by atoms with E-state index < -0.39 is 0 Å².